The van der Waals surface area contributed by atoms with Gasteiger partial charge in [0.1, 0.15) is 0 Å². The van der Waals surface area contributed by atoms with E-state index in [4.69, 9.17) is 5.11 Å². The van der Waals surface area contributed by atoms with Crippen molar-refractivity contribution >= 4 is 11.4 Å². The van der Waals surface area contributed by atoms with Crippen molar-refractivity contribution < 1.29 is 5.11 Å². The third-order valence-electron chi connectivity index (χ3n) is 3.51. The van der Waals surface area contributed by atoms with E-state index < -0.39 is 0 Å². The molecule has 0 saturated carbocycles. The molecular formula is C16H24N4O. The topological polar surface area (TPSA) is 53.3 Å². The number of hydrogen-bond donors (Lipinski definition) is 2. The van der Waals surface area contributed by atoms with Gasteiger partial charge < -0.3 is 15.3 Å². The van der Waals surface area contributed by atoms with E-state index in [2.05, 4.69) is 53.4 Å². The number of aliphatic hydroxyl groups excluding tert-OH is 1. The van der Waals surface area contributed by atoms with E-state index in [-0.39, 0.29) is 6.61 Å². The second-order valence-corrected chi connectivity index (χ2v) is 4.91. The molecule has 2 N–H and O–H groups in total. The maximum Gasteiger partial charge on any atom is 0.0640 e. The van der Waals surface area contributed by atoms with Gasteiger partial charge in [-0.25, -0.2) is 0 Å². The lowest BCUT2D eigenvalue weighted by Crippen LogP contribution is -2.21. The molecule has 0 radical (unpaired) electrons. The smallest absolute Gasteiger partial charge is 0.0640 e. The predicted octanol–water partition coefficient (Wildman–Crippen LogP) is 2.33. The minimum Gasteiger partial charge on any atom is -0.394 e. The number of nitrogens with one attached hydrogen (secondary N) is 1. The molecule has 1 aromatic heterocycles. The first-order valence-corrected chi connectivity index (χ1v) is 7.47. The molecule has 0 fully saturated rings. The first kappa shape index (κ1) is 15.4. The summed E-state index contributed by atoms with van der Waals surface area (Å²) < 4.78 is 1.75. The summed E-state index contributed by atoms with van der Waals surface area (Å²) in [7, 11) is 0. The van der Waals surface area contributed by atoms with Crippen molar-refractivity contribution in [2.24, 2.45) is 0 Å². The van der Waals surface area contributed by atoms with Crippen LogP contribution in [0.3, 0.4) is 0 Å². The molecule has 0 unspecified atom stereocenters. The Kier molecular flexibility index (Phi) is 5.63. The van der Waals surface area contributed by atoms with Crippen molar-refractivity contribution in [2.75, 3.05) is 29.9 Å². The summed E-state index contributed by atoms with van der Waals surface area (Å²) in [6, 6.07) is 8.49. The average Bonchev–Trinajstić information content (AvgIpc) is 2.96. The molecule has 0 aliphatic heterocycles. The molecule has 5 nitrogen and oxygen atoms in total. The van der Waals surface area contributed by atoms with Gasteiger partial charge in [-0.15, -0.1) is 0 Å². The maximum atomic E-state index is 8.87. The number of anilines is 2. The van der Waals surface area contributed by atoms with E-state index in [1.165, 1.54) is 5.69 Å². The highest BCUT2D eigenvalue weighted by Gasteiger charge is 2.02. The van der Waals surface area contributed by atoms with Crippen molar-refractivity contribution in [1.29, 1.82) is 0 Å². The Balaban J connectivity index is 1.90. The fourth-order valence-electron chi connectivity index (χ4n) is 2.31. The molecule has 0 saturated heterocycles. The molecule has 114 valence electrons. The van der Waals surface area contributed by atoms with Crippen molar-refractivity contribution in [3.05, 3.63) is 42.2 Å². The Labute approximate surface area is 126 Å². The highest BCUT2D eigenvalue weighted by Crippen LogP contribution is 2.18. The van der Waals surface area contributed by atoms with E-state index in [0.29, 0.717) is 6.54 Å². The Morgan fingerprint density at radius 1 is 1.19 bits per heavy atom. The van der Waals surface area contributed by atoms with Gasteiger partial charge in [0.15, 0.2) is 0 Å². The van der Waals surface area contributed by atoms with Gasteiger partial charge in [-0.3, -0.25) is 4.68 Å². The molecule has 0 aliphatic rings. The summed E-state index contributed by atoms with van der Waals surface area (Å²) in [5.74, 6) is 0. The Bertz CT molecular complexity index is 531. The summed E-state index contributed by atoms with van der Waals surface area (Å²) in [6.45, 7) is 7.76. The molecule has 1 heterocycles. The molecule has 2 aromatic rings. The first-order valence-electron chi connectivity index (χ1n) is 7.47. The molecule has 21 heavy (non-hydrogen) atoms. The summed E-state index contributed by atoms with van der Waals surface area (Å²) >= 11 is 0. The van der Waals surface area contributed by atoms with Crippen molar-refractivity contribution in [1.82, 2.24) is 9.78 Å². The molecule has 2 rings (SSSR count). The molecular weight excluding hydrogens is 264 g/mol. The van der Waals surface area contributed by atoms with E-state index in [9.17, 15) is 0 Å². The van der Waals surface area contributed by atoms with Crippen molar-refractivity contribution in [3.63, 3.8) is 0 Å². The molecule has 5 heteroatoms. The second kappa shape index (κ2) is 7.69. The summed E-state index contributed by atoms with van der Waals surface area (Å²) in [5.41, 5.74) is 3.46. The van der Waals surface area contributed by atoms with Gasteiger partial charge in [-0.1, -0.05) is 0 Å². The number of hydrogen-bond acceptors (Lipinski definition) is 4. The standard InChI is InChI=1S/C16H24N4O/c1-3-19(4-2)16-7-5-15(6-8-16)17-11-14-12-18-20(13-14)9-10-21/h5-8,12-13,17,21H,3-4,9-11H2,1-2H3. The van der Waals surface area contributed by atoms with Gasteiger partial charge in [-0.05, 0) is 38.1 Å². The monoisotopic (exact) mass is 288 g/mol. The van der Waals surface area contributed by atoms with Crippen LogP contribution < -0.4 is 10.2 Å². The van der Waals surface area contributed by atoms with Crippen LogP contribution in [0.5, 0.6) is 0 Å². The van der Waals surface area contributed by atoms with Crippen LogP contribution in [0.25, 0.3) is 0 Å². The highest BCUT2D eigenvalue weighted by atomic mass is 16.3. The molecule has 0 aliphatic carbocycles. The van der Waals surface area contributed by atoms with Crippen molar-refractivity contribution in [2.45, 2.75) is 26.9 Å². The SMILES string of the molecule is CCN(CC)c1ccc(NCc2cnn(CCO)c2)cc1. The minimum absolute atomic E-state index is 0.112. The first-order chi connectivity index (χ1) is 10.3. The lowest BCUT2D eigenvalue weighted by molar-refractivity contribution is 0.269. The van der Waals surface area contributed by atoms with Crippen LogP contribution in [0, 0.1) is 0 Å². The zero-order valence-corrected chi connectivity index (χ0v) is 12.8. The van der Waals surface area contributed by atoms with Crippen LogP contribution in [0.15, 0.2) is 36.7 Å². The Hall–Kier alpha value is -2.01. The molecule has 0 spiro atoms. The molecule has 0 atom stereocenters. The Morgan fingerprint density at radius 3 is 2.52 bits per heavy atom. The van der Waals surface area contributed by atoms with Gasteiger partial charge in [0.25, 0.3) is 0 Å². The van der Waals surface area contributed by atoms with Crippen molar-refractivity contribution in [3.8, 4) is 0 Å². The van der Waals surface area contributed by atoms with Gasteiger partial charge >= 0.3 is 0 Å². The van der Waals surface area contributed by atoms with Crippen LogP contribution in [-0.4, -0.2) is 34.6 Å². The van der Waals surface area contributed by atoms with Gasteiger partial charge in [0.2, 0.25) is 0 Å². The fraction of sp³-hybridized carbons (Fsp3) is 0.438. The third-order valence-corrected chi connectivity index (χ3v) is 3.51. The lowest BCUT2D eigenvalue weighted by Gasteiger charge is -2.21. The molecule has 1 aromatic carbocycles. The number of aliphatic hydroxyl groups is 1. The second-order valence-electron chi connectivity index (χ2n) is 4.91. The predicted molar refractivity (Wildman–Crippen MR) is 86.6 cm³/mol. The number of rotatable bonds is 8. The highest BCUT2D eigenvalue weighted by molar-refractivity contribution is 5.55. The third kappa shape index (κ3) is 4.23. The van der Waals surface area contributed by atoms with E-state index in [0.717, 1.165) is 30.9 Å². The van der Waals surface area contributed by atoms with Crippen LogP contribution in [0.4, 0.5) is 11.4 Å². The zero-order chi connectivity index (χ0) is 15.1. The van der Waals surface area contributed by atoms with Gasteiger partial charge in [0.05, 0.1) is 19.3 Å². The summed E-state index contributed by atoms with van der Waals surface area (Å²) in [5, 5.41) is 16.4. The summed E-state index contributed by atoms with van der Waals surface area (Å²) in [6.07, 6.45) is 3.78. The quantitative estimate of drug-likeness (QED) is 0.783. The number of nitrogens with zero attached hydrogens (tertiary/aromatic N) is 3. The number of aromatic nitrogens is 2. The maximum absolute atomic E-state index is 8.87. The number of benzene rings is 1. The zero-order valence-electron chi connectivity index (χ0n) is 12.8. The Morgan fingerprint density at radius 2 is 1.90 bits per heavy atom. The molecule has 0 amide bonds. The van der Waals surface area contributed by atoms with E-state index in [1.807, 2.05) is 12.4 Å². The minimum atomic E-state index is 0.112. The normalized spacial score (nSPS) is 10.6. The average molecular weight is 288 g/mol. The van der Waals surface area contributed by atoms with Gasteiger partial charge in [-0.2, -0.15) is 5.10 Å². The molecule has 0 bridgehead atoms. The van der Waals surface area contributed by atoms with Gasteiger partial charge in [0, 0.05) is 42.8 Å². The van der Waals surface area contributed by atoms with E-state index >= 15 is 0 Å². The van der Waals surface area contributed by atoms with E-state index in [1.54, 1.807) is 4.68 Å². The lowest BCUT2D eigenvalue weighted by atomic mass is 10.2. The largest absolute Gasteiger partial charge is 0.394 e. The summed E-state index contributed by atoms with van der Waals surface area (Å²) in [4.78, 5) is 2.32. The van der Waals surface area contributed by atoms with Crippen LogP contribution in [0.1, 0.15) is 19.4 Å². The fourth-order valence-corrected chi connectivity index (χ4v) is 2.31. The van der Waals surface area contributed by atoms with Crippen LogP contribution >= 0.6 is 0 Å². The van der Waals surface area contributed by atoms with Crippen LogP contribution in [0.2, 0.25) is 0 Å². The van der Waals surface area contributed by atoms with Crippen LogP contribution in [-0.2, 0) is 13.1 Å².